The Bertz CT molecular complexity index is 1730. The van der Waals surface area contributed by atoms with E-state index in [1.807, 2.05) is 50.3 Å². The van der Waals surface area contributed by atoms with Crippen molar-refractivity contribution in [2.24, 2.45) is 55.3 Å². The van der Waals surface area contributed by atoms with Crippen molar-refractivity contribution in [1.82, 2.24) is 5.32 Å². The number of rotatable bonds is 24. The second kappa shape index (κ2) is 33.9. The zero-order valence-corrected chi connectivity index (χ0v) is 36.3. The van der Waals surface area contributed by atoms with Crippen molar-refractivity contribution >= 4 is 64.9 Å². The molecule has 17 nitrogen and oxygen atoms in total. The van der Waals surface area contributed by atoms with Crippen molar-refractivity contribution in [2.75, 3.05) is 49.2 Å². The fraction of sp³-hybridized carbons (Fsp3) is 0.465. The highest BCUT2D eigenvalue weighted by Crippen LogP contribution is 2.28. The number of benzene rings is 2. The predicted molar refractivity (Wildman–Crippen MR) is 249 cm³/mol. The lowest BCUT2D eigenvalue weighted by molar-refractivity contribution is -0.121. The second-order valence-corrected chi connectivity index (χ2v) is 13.1. The van der Waals surface area contributed by atoms with E-state index < -0.39 is 11.8 Å². The topological polar surface area (TPSA) is 310 Å². The first kappa shape index (κ1) is 53.9. The highest BCUT2D eigenvalue weighted by molar-refractivity contribution is 6.06. The van der Waals surface area contributed by atoms with E-state index in [-0.39, 0.29) is 41.8 Å². The van der Waals surface area contributed by atoms with E-state index in [1.165, 1.54) is 12.3 Å². The highest BCUT2D eigenvalue weighted by atomic mass is 16.2. The third-order valence-corrected chi connectivity index (χ3v) is 8.24. The number of carbonyl (C=O) groups is 4. The molecular formula is C43H71N13O4. The molecule has 1 atom stereocenters. The first-order valence-electron chi connectivity index (χ1n) is 20.6. The molecule has 0 saturated heterocycles. The fourth-order valence-corrected chi connectivity index (χ4v) is 5.19. The molecule has 0 aliphatic carbocycles. The molecule has 0 aliphatic rings. The molecule has 0 aromatic heterocycles. The van der Waals surface area contributed by atoms with Crippen LogP contribution in [-0.2, 0) is 25.6 Å². The lowest BCUT2D eigenvalue weighted by Crippen LogP contribution is -2.23. The molecule has 2 aromatic rings. The zero-order valence-electron chi connectivity index (χ0n) is 36.3. The van der Waals surface area contributed by atoms with Crippen molar-refractivity contribution in [3.63, 3.8) is 0 Å². The average Bonchev–Trinajstić information content (AvgIpc) is 3.22. The molecule has 0 radical (unpaired) electrons. The van der Waals surface area contributed by atoms with Gasteiger partial charge in [-0.15, -0.1) is 0 Å². The van der Waals surface area contributed by atoms with E-state index in [0.717, 1.165) is 37.7 Å². The minimum atomic E-state index is -0.714. The third kappa shape index (κ3) is 24.6. The number of aryl methyl sites for hydroxylation is 1. The molecule has 332 valence electrons. The van der Waals surface area contributed by atoms with Crippen molar-refractivity contribution in [2.45, 2.75) is 91.9 Å². The maximum atomic E-state index is 13.4. The summed E-state index contributed by atoms with van der Waals surface area (Å²) in [6.07, 6.45) is 13.7. The molecule has 16 N–H and O–H groups in total. The van der Waals surface area contributed by atoms with Crippen molar-refractivity contribution < 1.29 is 19.2 Å². The molecule has 0 heterocycles. The SMILES string of the molecule is CC.CC=N/C(=C\C(C)C(=O)Nc1cccc(NC(=O)CCCCN=C(N)N)c1/C=C/CCN)C(=O)Nc1ccccc1CCCCN.CNC(=O)CCCCN=C(N)N. The standard InChI is InChI=1S/C34H49N9O3.C7H16N4O.C2H6/c1-3-39-30(33(46)42-27-16-5-4-13-25(27)14-6-9-20-35)23-24(2)32(45)43-29-18-12-17-28(26(29)15-7-10-21-36)41-31(44)19-8-11-22-40-34(37)38;1-10-6(12)4-2-3-5-11-7(8)9;1-2/h3-5,7,12-13,15-18,23-24H,6,8-11,14,19-22,35-36H2,1-2H3,(H,41,44)(H,42,46)(H,43,45)(H4,37,38,40);2-5H2,1H3,(H,10,12)(H4,8,9,11);1-2H3/b15-7+,30-23-,39-3?;;. The molecule has 4 amide bonds. The molecule has 2 aromatic carbocycles. The van der Waals surface area contributed by atoms with Gasteiger partial charge in [0.05, 0.1) is 17.3 Å². The number of hydrogen-bond acceptors (Lipinski definition) is 9. The summed E-state index contributed by atoms with van der Waals surface area (Å²) in [6.45, 7) is 9.50. The van der Waals surface area contributed by atoms with Gasteiger partial charge in [-0.3, -0.25) is 34.2 Å². The van der Waals surface area contributed by atoms with Gasteiger partial charge in [0.15, 0.2) is 11.9 Å². The van der Waals surface area contributed by atoms with Gasteiger partial charge in [0.1, 0.15) is 5.70 Å². The first-order chi connectivity index (χ1) is 28.9. The molecule has 0 fully saturated rings. The monoisotopic (exact) mass is 834 g/mol. The van der Waals surface area contributed by atoms with Gasteiger partial charge in [0.25, 0.3) is 5.91 Å². The summed E-state index contributed by atoms with van der Waals surface area (Å²) in [7, 11) is 1.62. The first-order valence-corrected chi connectivity index (χ1v) is 20.6. The summed E-state index contributed by atoms with van der Waals surface area (Å²) in [4.78, 5) is 62.0. The Hall–Kier alpha value is -6.07. The molecule has 2 rings (SSSR count). The molecular weight excluding hydrogens is 763 g/mol. The fourth-order valence-electron chi connectivity index (χ4n) is 5.19. The molecule has 1 unspecified atom stereocenters. The highest BCUT2D eigenvalue weighted by Gasteiger charge is 2.18. The molecule has 0 saturated carbocycles. The van der Waals surface area contributed by atoms with E-state index in [2.05, 4.69) is 36.2 Å². The number of unbranched alkanes of at least 4 members (excludes halogenated alkanes) is 3. The number of nitrogens with zero attached hydrogens (tertiary/aromatic N) is 3. The molecule has 17 heteroatoms. The lowest BCUT2D eigenvalue weighted by Gasteiger charge is -2.16. The largest absolute Gasteiger partial charge is 0.370 e. The van der Waals surface area contributed by atoms with Gasteiger partial charge < -0.3 is 55.7 Å². The Labute approximate surface area is 356 Å². The van der Waals surface area contributed by atoms with Gasteiger partial charge in [-0.1, -0.05) is 50.3 Å². The summed E-state index contributed by atoms with van der Waals surface area (Å²) in [5, 5.41) is 11.4. The normalized spacial score (nSPS) is 11.3. The Morgan fingerprint density at radius 1 is 0.717 bits per heavy atom. The van der Waals surface area contributed by atoms with Gasteiger partial charge in [0.2, 0.25) is 17.7 Å². The van der Waals surface area contributed by atoms with E-state index >= 15 is 0 Å². The van der Waals surface area contributed by atoms with Crippen LogP contribution in [0.1, 0.15) is 96.6 Å². The van der Waals surface area contributed by atoms with Crippen LogP contribution in [0.25, 0.3) is 6.08 Å². The number of guanidine groups is 2. The maximum absolute atomic E-state index is 13.4. The number of amides is 4. The van der Waals surface area contributed by atoms with E-state index in [9.17, 15) is 19.2 Å². The second-order valence-electron chi connectivity index (χ2n) is 13.1. The van der Waals surface area contributed by atoms with Crippen LogP contribution in [0.2, 0.25) is 0 Å². The van der Waals surface area contributed by atoms with Crippen molar-refractivity contribution in [1.29, 1.82) is 0 Å². The molecule has 0 bridgehead atoms. The van der Waals surface area contributed by atoms with Crippen LogP contribution in [0.15, 0.2) is 75.3 Å². The smallest absolute Gasteiger partial charge is 0.273 e. The van der Waals surface area contributed by atoms with E-state index in [0.29, 0.717) is 74.5 Å². The summed E-state index contributed by atoms with van der Waals surface area (Å²) in [5.41, 5.74) is 35.7. The van der Waals surface area contributed by atoms with Crippen LogP contribution < -0.4 is 55.7 Å². The Kier molecular flexibility index (Phi) is 30.4. The van der Waals surface area contributed by atoms with Gasteiger partial charge in [-0.2, -0.15) is 0 Å². The van der Waals surface area contributed by atoms with Crippen LogP contribution in [0.3, 0.4) is 0 Å². The third-order valence-electron chi connectivity index (χ3n) is 8.24. The van der Waals surface area contributed by atoms with Crippen LogP contribution >= 0.6 is 0 Å². The Morgan fingerprint density at radius 3 is 1.87 bits per heavy atom. The lowest BCUT2D eigenvalue weighted by atomic mass is 10.0. The molecule has 0 aliphatic heterocycles. The number of anilines is 3. The number of aliphatic imine (C=N–C) groups is 3. The molecule has 0 spiro atoms. The number of para-hydroxylation sites is 1. The summed E-state index contributed by atoms with van der Waals surface area (Å²) in [5.74, 6) is -1.47. The minimum Gasteiger partial charge on any atom is -0.370 e. The summed E-state index contributed by atoms with van der Waals surface area (Å²) < 4.78 is 0. The van der Waals surface area contributed by atoms with E-state index in [1.54, 1.807) is 39.1 Å². The van der Waals surface area contributed by atoms with Crippen LogP contribution in [0.4, 0.5) is 17.1 Å². The summed E-state index contributed by atoms with van der Waals surface area (Å²) >= 11 is 0. The van der Waals surface area contributed by atoms with Crippen LogP contribution in [0, 0.1) is 5.92 Å². The van der Waals surface area contributed by atoms with Crippen LogP contribution in [0.5, 0.6) is 0 Å². The Morgan fingerprint density at radius 2 is 1.30 bits per heavy atom. The average molecular weight is 834 g/mol. The maximum Gasteiger partial charge on any atom is 0.273 e. The van der Waals surface area contributed by atoms with Gasteiger partial charge in [0, 0.05) is 50.4 Å². The minimum absolute atomic E-state index is 0.0232. The van der Waals surface area contributed by atoms with E-state index in [4.69, 9.17) is 34.4 Å². The van der Waals surface area contributed by atoms with Crippen LogP contribution in [-0.4, -0.2) is 75.0 Å². The predicted octanol–water partition coefficient (Wildman–Crippen LogP) is 4.10. The zero-order chi connectivity index (χ0) is 45.1. The number of carbonyl (C=O) groups excluding carboxylic acids is 4. The number of hydrogen-bond donors (Lipinski definition) is 10. The van der Waals surface area contributed by atoms with Crippen molar-refractivity contribution in [3.05, 3.63) is 71.4 Å². The number of nitrogens with one attached hydrogen (secondary N) is 4. The Balaban J connectivity index is 0.00000213. The quantitative estimate of drug-likeness (QED) is 0.0312. The van der Waals surface area contributed by atoms with Crippen molar-refractivity contribution in [3.8, 4) is 0 Å². The van der Waals surface area contributed by atoms with Gasteiger partial charge in [-0.05, 0) is 108 Å². The van der Waals surface area contributed by atoms with Gasteiger partial charge in [-0.25, -0.2) is 0 Å². The summed E-state index contributed by atoms with van der Waals surface area (Å²) in [6, 6.07) is 12.9. The van der Waals surface area contributed by atoms with Gasteiger partial charge >= 0.3 is 0 Å². The molecule has 60 heavy (non-hydrogen) atoms. The number of nitrogens with two attached hydrogens (primary N) is 6.